The highest BCUT2D eigenvalue weighted by atomic mass is 19.3. The summed E-state index contributed by atoms with van der Waals surface area (Å²) in [5.41, 5.74) is 0.851. The highest BCUT2D eigenvalue weighted by molar-refractivity contribution is 5.99. The third kappa shape index (κ3) is 3.14. The van der Waals surface area contributed by atoms with Gasteiger partial charge in [-0.1, -0.05) is 13.0 Å². The first-order chi connectivity index (χ1) is 11.0. The lowest BCUT2D eigenvalue weighted by atomic mass is 9.96. The molecule has 2 unspecified atom stereocenters. The maximum atomic E-state index is 12.5. The first-order valence-electron chi connectivity index (χ1n) is 7.49. The van der Waals surface area contributed by atoms with E-state index in [0.29, 0.717) is 23.1 Å². The predicted molar refractivity (Wildman–Crippen MR) is 80.6 cm³/mol. The van der Waals surface area contributed by atoms with Gasteiger partial charge in [-0.15, -0.1) is 0 Å². The van der Waals surface area contributed by atoms with E-state index in [2.05, 4.69) is 9.72 Å². The molecule has 1 aromatic heterocycles. The van der Waals surface area contributed by atoms with E-state index in [-0.39, 0.29) is 24.1 Å². The number of benzene rings is 1. The van der Waals surface area contributed by atoms with E-state index in [1.165, 1.54) is 12.1 Å². The van der Waals surface area contributed by atoms with Gasteiger partial charge in [-0.2, -0.15) is 8.78 Å². The number of aromatic nitrogens is 1. The minimum Gasteiger partial charge on any atom is -0.434 e. The molecular weight excluding hydrogens is 306 g/mol. The first-order valence-corrected chi connectivity index (χ1v) is 7.49. The number of fused-ring (bicyclic) bond motifs is 1. The van der Waals surface area contributed by atoms with Crippen LogP contribution in [0.3, 0.4) is 0 Å². The summed E-state index contributed by atoms with van der Waals surface area (Å²) in [5.74, 6) is -0.0666. The molecule has 2 aromatic rings. The smallest absolute Gasteiger partial charge is 0.387 e. The van der Waals surface area contributed by atoms with Crippen molar-refractivity contribution in [1.82, 2.24) is 9.88 Å². The van der Waals surface area contributed by atoms with Crippen LogP contribution < -0.4 is 4.74 Å². The molecule has 1 amide bonds. The molecule has 7 heteroatoms. The molecule has 124 valence electrons. The summed E-state index contributed by atoms with van der Waals surface area (Å²) in [4.78, 5) is 17.1. The summed E-state index contributed by atoms with van der Waals surface area (Å²) in [6, 6.07) is 6.22. The first kappa shape index (κ1) is 15.7. The topological polar surface area (TPSA) is 65.6 Å². The SMILES string of the molecule is CC1CCN(C(=O)c2cc3c(OC(F)F)cccc3[nH]2)CC1O. The summed E-state index contributed by atoms with van der Waals surface area (Å²) in [7, 11) is 0. The molecule has 0 spiro atoms. The van der Waals surface area contributed by atoms with Crippen LogP contribution in [0, 0.1) is 5.92 Å². The maximum absolute atomic E-state index is 12.5. The van der Waals surface area contributed by atoms with Crippen molar-refractivity contribution in [1.29, 1.82) is 0 Å². The lowest BCUT2D eigenvalue weighted by molar-refractivity contribution is -0.0487. The average molecular weight is 324 g/mol. The van der Waals surface area contributed by atoms with Crippen LogP contribution in [0.5, 0.6) is 5.75 Å². The molecule has 1 saturated heterocycles. The number of H-pyrrole nitrogens is 1. The molecule has 0 aliphatic carbocycles. The van der Waals surface area contributed by atoms with Gasteiger partial charge in [0, 0.05) is 24.0 Å². The van der Waals surface area contributed by atoms with E-state index in [1.54, 1.807) is 17.0 Å². The van der Waals surface area contributed by atoms with Crippen LogP contribution >= 0.6 is 0 Å². The zero-order valence-corrected chi connectivity index (χ0v) is 12.6. The molecule has 1 fully saturated rings. The Hall–Kier alpha value is -2.15. The Morgan fingerprint density at radius 3 is 2.96 bits per heavy atom. The van der Waals surface area contributed by atoms with Gasteiger partial charge in [0.15, 0.2) is 0 Å². The van der Waals surface area contributed by atoms with E-state index >= 15 is 0 Å². The molecule has 23 heavy (non-hydrogen) atoms. The number of aliphatic hydroxyl groups is 1. The van der Waals surface area contributed by atoms with Crippen molar-refractivity contribution in [3.8, 4) is 5.75 Å². The van der Waals surface area contributed by atoms with E-state index in [0.717, 1.165) is 6.42 Å². The van der Waals surface area contributed by atoms with Crippen molar-refractivity contribution in [3.05, 3.63) is 30.0 Å². The number of nitrogens with one attached hydrogen (secondary N) is 1. The van der Waals surface area contributed by atoms with E-state index in [1.807, 2.05) is 6.92 Å². The van der Waals surface area contributed by atoms with Crippen molar-refractivity contribution in [2.24, 2.45) is 5.92 Å². The fourth-order valence-corrected chi connectivity index (χ4v) is 2.85. The van der Waals surface area contributed by atoms with Crippen molar-refractivity contribution < 1.29 is 23.4 Å². The van der Waals surface area contributed by atoms with Crippen LogP contribution in [0.15, 0.2) is 24.3 Å². The highest BCUT2D eigenvalue weighted by Crippen LogP contribution is 2.28. The van der Waals surface area contributed by atoms with E-state index in [4.69, 9.17) is 0 Å². The quantitative estimate of drug-likeness (QED) is 0.912. The molecule has 2 atom stereocenters. The van der Waals surface area contributed by atoms with Gasteiger partial charge in [-0.05, 0) is 30.5 Å². The van der Waals surface area contributed by atoms with Crippen molar-refractivity contribution >= 4 is 16.8 Å². The molecule has 2 N–H and O–H groups in total. The van der Waals surface area contributed by atoms with Crippen LogP contribution in [-0.4, -0.2) is 46.7 Å². The number of amides is 1. The summed E-state index contributed by atoms with van der Waals surface area (Å²) in [5, 5.41) is 10.4. The number of ether oxygens (including phenoxy) is 1. The number of β-amino-alcohol motifs (C(OH)–C–C–N with tert-alkyl or cyclic N) is 1. The van der Waals surface area contributed by atoms with Gasteiger partial charge in [-0.25, -0.2) is 0 Å². The average Bonchev–Trinajstić information content (AvgIpc) is 2.94. The van der Waals surface area contributed by atoms with Gasteiger partial charge in [0.05, 0.1) is 6.10 Å². The number of alkyl halides is 2. The van der Waals surface area contributed by atoms with Crippen molar-refractivity contribution in [2.75, 3.05) is 13.1 Å². The van der Waals surface area contributed by atoms with Gasteiger partial charge < -0.3 is 19.7 Å². The number of aliphatic hydroxyl groups excluding tert-OH is 1. The number of hydrogen-bond donors (Lipinski definition) is 2. The predicted octanol–water partition coefficient (Wildman–Crippen LogP) is 2.61. The van der Waals surface area contributed by atoms with Crippen LogP contribution in [0.4, 0.5) is 8.78 Å². The largest absolute Gasteiger partial charge is 0.434 e. The Morgan fingerprint density at radius 2 is 2.26 bits per heavy atom. The van der Waals surface area contributed by atoms with Crippen molar-refractivity contribution in [3.63, 3.8) is 0 Å². The van der Waals surface area contributed by atoms with Gasteiger partial charge in [0.1, 0.15) is 11.4 Å². The van der Waals surface area contributed by atoms with Crippen molar-refractivity contribution in [2.45, 2.75) is 26.1 Å². The highest BCUT2D eigenvalue weighted by Gasteiger charge is 2.28. The minimum atomic E-state index is -2.92. The lowest BCUT2D eigenvalue weighted by Crippen LogP contribution is -2.45. The Bertz CT molecular complexity index is 716. The fourth-order valence-electron chi connectivity index (χ4n) is 2.85. The standard InChI is InChI=1S/C16H18F2N2O3/c1-9-5-6-20(8-13(9)21)15(22)12-7-10-11(19-12)3-2-4-14(10)23-16(17)18/h2-4,7,9,13,16,19,21H,5-6,8H2,1H3. The maximum Gasteiger partial charge on any atom is 0.387 e. The molecule has 0 bridgehead atoms. The molecule has 5 nitrogen and oxygen atoms in total. The second-order valence-electron chi connectivity index (χ2n) is 5.86. The second kappa shape index (κ2) is 6.16. The Labute approximate surface area is 131 Å². The number of aromatic amines is 1. The Kier molecular flexibility index (Phi) is 4.21. The molecule has 2 heterocycles. The molecular formula is C16H18F2N2O3. The molecule has 0 saturated carbocycles. The number of carbonyl (C=O) groups is 1. The zero-order chi connectivity index (χ0) is 16.6. The number of nitrogens with zero attached hydrogens (tertiary/aromatic N) is 1. The van der Waals surface area contributed by atoms with Crippen LogP contribution in [0.25, 0.3) is 10.9 Å². The Balaban J connectivity index is 1.87. The summed E-state index contributed by atoms with van der Waals surface area (Å²) < 4.78 is 29.4. The van der Waals surface area contributed by atoms with Crippen LogP contribution in [0.1, 0.15) is 23.8 Å². The number of piperidine rings is 1. The second-order valence-corrected chi connectivity index (χ2v) is 5.86. The van der Waals surface area contributed by atoms with Gasteiger partial charge in [0.25, 0.3) is 5.91 Å². The summed E-state index contributed by atoms with van der Waals surface area (Å²) in [6.07, 6.45) is 0.183. The minimum absolute atomic E-state index is 0.0279. The van der Waals surface area contributed by atoms with Gasteiger partial charge in [-0.3, -0.25) is 4.79 Å². The molecule has 1 aliphatic heterocycles. The van der Waals surface area contributed by atoms with Gasteiger partial charge >= 0.3 is 6.61 Å². The molecule has 1 aromatic carbocycles. The Morgan fingerprint density at radius 1 is 1.48 bits per heavy atom. The lowest BCUT2D eigenvalue weighted by Gasteiger charge is -2.34. The molecule has 0 radical (unpaired) electrons. The normalized spacial score (nSPS) is 21.9. The van der Waals surface area contributed by atoms with Gasteiger partial charge in [0.2, 0.25) is 0 Å². The van der Waals surface area contributed by atoms with Crippen LogP contribution in [-0.2, 0) is 0 Å². The van der Waals surface area contributed by atoms with E-state index in [9.17, 15) is 18.7 Å². The molecule has 3 rings (SSSR count). The monoisotopic (exact) mass is 324 g/mol. The number of rotatable bonds is 3. The number of carbonyl (C=O) groups excluding carboxylic acids is 1. The van der Waals surface area contributed by atoms with Crippen LogP contribution in [0.2, 0.25) is 0 Å². The number of halogens is 2. The summed E-state index contributed by atoms with van der Waals surface area (Å²) in [6.45, 7) is -0.139. The third-order valence-corrected chi connectivity index (χ3v) is 4.28. The van der Waals surface area contributed by atoms with E-state index < -0.39 is 12.7 Å². The number of hydrogen-bond acceptors (Lipinski definition) is 3. The zero-order valence-electron chi connectivity index (χ0n) is 12.6. The number of likely N-dealkylation sites (tertiary alicyclic amines) is 1. The summed E-state index contributed by atoms with van der Waals surface area (Å²) >= 11 is 0. The fraction of sp³-hybridized carbons (Fsp3) is 0.438. The third-order valence-electron chi connectivity index (χ3n) is 4.28. The molecule has 1 aliphatic rings.